The number of ether oxygens (including phenoxy) is 1. The molecule has 164 valence electrons. The van der Waals surface area contributed by atoms with E-state index in [9.17, 15) is 4.79 Å². The van der Waals surface area contributed by atoms with E-state index in [4.69, 9.17) is 14.3 Å². The summed E-state index contributed by atoms with van der Waals surface area (Å²) in [7, 11) is 0. The van der Waals surface area contributed by atoms with Crippen LogP contribution in [0.1, 0.15) is 30.9 Å². The number of amides is 1. The van der Waals surface area contributed by atoms with Gasteiger partial charge in [0.2, 0.25) is 11.8 Å². The molecule has 0 spiro atoms. The molecule has 2 aromatic carbocycles. The quantitative estimate of drug-likeness (QED) is 0.358. The zero-order chi connectivity index (χ0) is 22.5. The molecule has 0 aliphatic carbocycles. The molecule has 0 radical (unpaired) electrons. The van der Waals surface area contributed by atoms with E-state index in [1.165, 1.54) is 0 Å². The van der Waals surface area contributed by atoms with Crippen molar-refractivity contribution in [2.24, 2.45) is 5.92 Å². The Hall–Kier alpha value is -3.80. The van der Waals surface area contributed by atoms with Crippen molar-refractivity contribution in [3.63, 3.8) is 0 Å². The number of carbonyl (C=O) groups is 1. The Morgan fingerprint density at radius 3 is 2.31 bits per heavy atom. The Labute approximate surface area is 188 Å². The molecule has 0 fully saturated rings. The molecule has 0 saturated heterocycles. The largest absolute Gasteiger partial charge is 0.467 e. The molecule has 0 aliphatic rings. The first-order valence-corrected chi connectivity index (χ1v) is 10.7. The lowest BCUT2D eigenvalue weighted by Gasteiger charge is -2.24. The summed E-state index contributed by atoms with van der Waals surface area (Å²) in [6, 6.07) is 23.2. The molecule has 0 unspecified atom stereocenters. The van der Waals surface area contributed by atoms with Gasteiger partial charge < -0.3 is 14.1 Å². The zero-order valence-corrected chi connectivity index (χ0v) is 18.6. The molecule has 0 atom stereocenters. The van der Waals surface area contributed by atoms with Gasteiger partial charge in [0.1, 0.15) is 11.5 Å². The van der Waals surface area contributed by atoms with Crippen LogP contribution >= 0.6 is 0 Å². The number of benzene rings is 2. The fourth-order valence-electron chi connectivity index (χ4n) is 3.53. The first-order chi connectivity index (χ1) is 15.5. The molecular weight excluding hydrogens is 402 g/mol. The lowest BCUT2D eigenvalue weighted by molar-refractivity contribution is -0.136. The molecule has 1 amide bonds. The number of carbonyl (C=O) groups excluding carboxylic acids is 1. The highest BCUT2D eigenvalue weighted by Crippen LogP contribution is 2.32. The zero-order valence-electron chi connectivity index (χ0n) is 18.6. The SMILES string of the molecule is Cc1nn(-c2ccccc2)c(Oc2ccccc2)c1CN(Cc1ccco1)C(=O)C(C)C. The average Bonchev–Trinajstić information content (AvgIpc) is 3.43. The van der Waals surface area contributed by atoms with Crippen LogP contribution in [0.5, 0.6) is 11.6 Å². The molecular formula is C26H27N3O3. The van der Waals surface area contributed by atoms with Gasteiger partial charge in [-0.05, 0) is 43.3 Å². The van der Waals surface area contributed by atoms with Crippen molar-refractivity contribution in [1.29, 1.82) is 0 Å². The summed E-state index contributed by atoms with van der Waals surface area (Å²) >= 11 is 0. The van der Waals surface area contributed by atoms with Crippen LogP contribution in [0.25, 0.3) is 5.69 Å². The molecule has 0 bridgehead atoms. The van der Waals surface area contributed by atoms with Crippen LogP contribution in [0.4, 0.5) is 0 Å². The van der Waals surface area contributed by atoms with Gasteiger partial charge in [0.05, 0.1) is 36.3 Å². The third-order valence-electron chi connectivity index (χ3n) is 5.18. The standard InChI is InChI=1S/C26H27N3O3/c1-19(2)25(30)28(17-23-15-10-16-31-23)18-24-20(3)27-29(21-11-6-4-7-12-21)26(24)32-22-13-8-5-9-14-22/h4-16,19H,17-18H2,1-3H3. The number of aromatic nitrogens is 2. The molecule has 0 saturated carbocycles. The third-order valence-corrected chi connectivity index (χ3v) is 5.18. The van der Waals surface area contributed by atoms with Crippen molar-refractivity contribution in [2.45, 2.75) is 33.9 Å². The monoisotopic (exact) mass is 429 g/mol. The van der Waals surface area contributed by atoms with Crippen molar-refractivity contribution < 1.29 is 13.9 Å². The summed E-state index contributed by atoms with van der Waals surface area (Å²) in [5, 5.41) is 4.76. The Kier molecular flexibility index (Phi) is 6.40. The van der Waals surface area contributed by atoms with E-state index in [0.29, 0.717) is 24.7 Å². The summed E-state index contributed by atoms with van der Waals surface area (Å²) in [5.41, 5.74) is 2.56. The van der Waals surface area contributed by atoms with Gasteiger partial charge in [-0.15, -0.1) is 0 Å². The third kappa shape index (κ3) is 4.75. The number of rotatable bonds is 8. The van der Waals surface area contributed by atoms with Crippen LogP contribution in [0.2, 0.25) is 0 Å². The van der Waals surface area contributed by atoms with Crippen molar-refractivity contribution >= 4 is 5.91 Å². The molecule has 2 aromatic heterocycles. The highest BCUT2D eigenvalue weighted by atomic mass is 16.5. The van der Waals surface area contributed by atoms with E-state index in [1.54, 1.807) is 15.8 Å². The molecule has 4 rings (SSSR count). The van der Waals surface area contributed by atoms with Crippen molar-refractivity contribution in [1.82, 2.24) is 14.7 Å². The number of aryl methyl sites for hydroxylation is 1. The van der Waals surface area contributed by atoms with E-state index in [2.05, 4.69) is 0 Å². The van der Waals surface area contributed by atoms with Crippen LogP contribution in [0, 0.1) is 12.8 Å². The maximum absolute atomic E-state index is 13.0. The Balaban J connectivity index is 1.75. The molecule has 6 heteroatoms. The second-order valence-corrected chi connectivity index (χ2v) is 7.96. The van der Waals surface area contributed by atoms with Gasteiger partial charge in [0.15, 0.2) is 0 Å². The molecule has 0 N–H and O–H groups in total. The minimum Gasteiger partial charge on any atom is -0.467 e. The highest BCUT2D eigenvalue weighted by molar-refractivity contribution is 5.78. The Morgan fingerprint density at radius 1 is 1.00 bits per heavy atom. The molecule has 6 nitrogen and oxygen atoms in total. The average molecular weight is 430 g/mol. The molecule has 32 heavy (non-hydrogen) atoms. The fourth-order valence-corrected chi connectivity index (χ4v) is 3.53. The predicted octanol–water partition coefficient (Wildman–Crippen LogP) is 5.75. The maximum Gasteiger partial charge on any atom is 0.227 e. The summed E-state index contributed by atoms with van der Waals surface area (Å²) in [6.07, 6.45) is 1.62. The highest BCUT2D eigenvalue weighted by Gasteiger charge is 2.25. The summed E-state index contributed by atoms with van der Waals surface area (Å²) in [5.74, 6) is 1.93. The lowest BCUT2D eigenvalue weighted by atomic mass is 10.1. The topological polar surface area (TPSA) is 60.5 Å². The number of hydrogen-bond donors (Lipinski definition) is 0. The van der Waals surface area contributed by atoms with Crippen molar-refractivity contribution in [3.8, 4) is 17.3 Å². The first kappa shape index (κ1) is 21.4. The van der Waals surface area contributed by atoms with Crippen LogP contribution < -0.4 is 4.74 Å². The van der Waals surface area contributed by atoms with Gasteiger partial charge in [-0.1, -0.05) is 50.2 Å². The van der Waals surface area contributed by atoms with Gasteiger partial charge >= 0.3 is 0 Å². The van der Waals surface area contributed by atoms with Crippen LogP contribution in [0.3, 0.4) is 0 Å². The molecule has 4 aromatic rings. The van der Waals surface area contributed by atoms with Crippen LogP contribution in [-0.2, 0) is 17.9 Å². The Morgan fingerprint density at radius 2 is 1.69 bits per heavy atom. The van der Waals surface area contributed by atoms with E-state index < -0.39 is 0 Å². The van der Waals surface area contributed by atoms with Gasteiger partial charge in [-0.3, -0.25) is 4.79 Å². The summed E-state index contributed by atoms with van der Waals surface area (Å²) in [6.45, 7) is 6.49. The smallest absolute Gasteiger partial charge is 0.227 e. The van der Waals surface area contributed by atoms with E-state index >= 15 is 0 Å². The number of furan rings is 1. The number of para-hydroxylation sites is 2. The molecule has 0 aliphatic heterocycles. The van der Waals surface area contributed by atoms with Gasteiger partial charge in [-0.2, -0.15) is 5.10 Å². The second-order valence-electron chi connectivity index (χ2n) is 7.96. The second kappa shape index (κ2) is 9.56. The summed E-state index contributed by atoms with van der Waals surface area (Å²) < 4.78 is 13.6. The van der Waals surface area contributed by atoms with Crippen molar-refractivity contribution in [3.05, 3.63) is 96.1 Å². The Bertz CT molecular complexity index is 1150. The van der Waals surface area contributed by atoms with Gasteiger partial charge in [-0.25, -0.2) is 4.68 Å². The van der Waals surface area contributed by atoms with E-state index in [-0.39, 0.29) is 11.8 Å². The van der Waals surface area contributed by atoms with Crippen LogP contribution in [-0.4, -0.2) is 20.6 Å². The minimum atomic E-state index is -0.145. The first-order valence-electron chi connectivity index (χ1n) is 10.7. The summed E-state index contributed by atoms with van der Waals surface area (Å²) in [4.78, 5) is 14.8. The predicted molar refractivity (Wildman–Crippen MR) is 123 cm³/mol. The van der Waals surface area contributed by atoms with E-state index in [0.717, 1.165) is 22.7 Å². The minimum absolute atomic E-state index is 0.0407. The normalized spacial score (nSPS) is 11.0. The number of hydrogen-bond acceptors (Lipinski definition) is 4. The fraction of sp³-hybridized carbons (Fsp3) is 0.231. The van der Waals surface area contributed by atoms with Gasteiger partial charge in [0, 0.05) is 5.92 Å². The lowest BCUT2D eigenvalue weighted by Crippen LogP contribution is -2.33. The van der Waals surface area contributed by atoms with E-state index in [1.807, 2.05) is 93.6 Å². The maximum atomic E-state index is 13.0. The number of nitrogens with zero attached hydrogens (tertiary/aromatic N) is 3. The van der Waals surface area contributed by atoms with Crippen LogP contribution in [0.15, 0.2) is 83.5 Å². The van der Waals surface area contributed by atoms with Gasteiger partial charge in [0.25, 0.3) is 0 Å². The molecule has 2 heterocycles. The van der Waals surface area contributed by atoms with Crippen molar-refractivity contribution in [2.75, 3.05) is 0 Å².